The van der Waals surface area contributed by atoms with Crippen LogP contribution >= 0.6 is 0 Å². The van der Waals surface area contributed by atoms with Crippen LogP contribution in [0.15, 0.2) is 6.20 Å². The van der Waals surface area contributed by atoms with E-state index in [2.05, 4.69) is 53.8 Å². The molecule has 0 bridgehead atoms. The molecule has 1 N–H and O–H groups in total. The van der Waals surface area contributed by atoms with E-state index in [-0.39, 0.29) is 0 Å². The van der Waals surface area contributed by atoms with Gasteiger partial charge in [-0.1, -0.05) is 13.8 Å². The van der Waals surface area contributed by atoms with Gasteiger partial charge in [0.15, 0.2) is 0 Å². The Balaban J connectivity index is 2.03. The summed E-state index contributed by atoms with van der Waals surface area (Å²) in [5, 5.41) is 3.62. The first kappa shape index (κ1) is 13.4. The molecule has 2 heterocycles. The van der Waals surface area contributed by atoms with Gasteiger partial charge in [-0.15, -0.1) is 0 Å². The molecule has 0 amide bonds. The molecule has 1 aliphatic heterocycles. The van der Waals surface area contributed by atoms with Gasteiger partial charge in [0.25, 0.3) is 0 Å². The van der Waals surface area contributed by atoms with Crippen molar-refractivity contribution in [3.63, 3.8) is 0 Å². The van der Waals surface area contributed by atoms with E-state index in [1.54, 1.807) is 0 Å². The molecule has 2 rings (SSSR count). The summed E-state index contributed by atoms with van der Waals surface area (Å²) in [7, 11) is 2.19. The summed E-state index contributed by atoms with van der Waals surface area (Å²) in [4.78, 5) is 7.01. The van der Waals surface area contributed by atoms with Gasteiger partial charge < -0.3 is 14.8 Å². The van der Waals surface area contributed by atoms with Crippen LogP contribution in [0, 0.1) is 12.8 Å². The maximum atomic E-state index is 4.62. The summed E-state index contributed by atoms with van der Waals surface area (Å²) in [5.74, 6) is 1.69. The topological polar surface area (TPSA) is 33.1 Å². The fourth-order valence-electron chi connectivity index (χ4n) is 2.66. The number of rotatable bonds is 4. The highest BCUT2D eigenvalue weighted by molar-refractivity contribution is 5.30. The maximum Gasteiger partial charge on any atom is 0.203 e. The van der Waals surface area contributed by atoms with Crippen molar-refractivity contribution in [1.82, 2.24) is 14.5 Å². The molecule has 0 aromatic carbocycles. The smallest absolute Gasteiger partial charge is 0.203 e. The highest BCUT2D eigenvalue weighted by Crippen LogP contribution is 2.16. The molecule has 18 heavy (non-hydrogen) atoms. The van der Waals surface area contributed by atoms with Gasteiger partial charge in [-0.05, 0) is 39.3 Å². The molecule has 0 radical (unpaired) electrons. The van der Waals surface area contributed by atoms with Crippen LogP contribution in [-0.2, 0) is 6.54 Å². The molecular weight excluding hydrogens is 224 g/mol. The number of imidazole rings is 1. The molecule has 1 saturated heterocycles. The molecule has 102 valence electrons. The Morgan fingerprint density at radius 1 is 1.50 bits per heavy atom. The van der Waals surface area contributed by atoms with Crippen molar-refractivity contribution < 1.29 is 0 Å². The third kappa shape index (κ3) is 3.48. The second kappa shape index (κ2) is 5.74. The molecule has 1 aliphatic rings. The van der Waals surface area contributed by atoms with Crippen LogP contribution in [-0.4, -0.2) is 40.6 Å². The first-order valence-corrected chi connectivity index (χ1v) is 7.03. The monoisotopic (exact) mass is 250 g/mol. The van der Waals surface area contributed by atoms with E-state index in [9.17, 15) is 0 Å². The highest BCUT2D eigenvalue weighted by atomic mass is 15.2. The second-order valence-electron chi connectivity index (χ2n) is 6.00. The van der Waals surface area contributed by atoms with Crippen molar-refractivity contribution in [2.75, 3.05) is 25.5 Å². The third-order valence-corrected chi connectivity index (χ3v) is 3.42. The Kier molecular flexibility index (Phi) is 4.27. The summed E-state index contributed by atoms with van der Waals surface area (Å²) < 4.78 is 2.26. The minimum absolute atomic E-state index is 0.538. The highest BCUT2D eigenvalue weighted by Gasteiger charge is 2.19. The number of likely N-dealkylation sites (N-methyl/N-ethyl adjacent to an activating group) is 1. The predicted molar refractivity (Wildman–Crippen MR) is 75.9 cm³/mol. The van der Waals surface area contributed by atoms with Gasteiger partial charge in [0, 0.05) is 25.3 Å². The number of anilines is 1. The van der Waals surface area contributed by atoms with Gasteiger partial charge in [0.05, 0.1) is 5.69 Å². The lowest BCUT2D eigenvalue weighted by Gasteiger charge is -2.30. The number of aryl methyl sites for hydroxylation is 1. The van der Waals surface area contributed by atoms with E-state index in [0.29, 0.717) is 12.0 Å². The van der Waals surface area contributed by atoms with Gasteiger partial charge in [-0.3, -0.25) is 0 Å². The minimum Gasteiger partial charge on any atom is -0.352 e. The van der Waals surface area contributed by atoms with E-state index >= 15 is 0 Å². The first-order valence-electron chi connectivity index (χ1n) is 7.03. The average Bonchev–Trinajstić information content (AvgIpc) is 2.58. The van der Waals surface area contributed by atoms with Gasteiger partial charge >= 0.3 is 0 Å². The van der Waals surface area contributed by atoms with Crippen LogP contribution in [0.1, 0.15) is 32.4 Å². The third-order valence-electron chi connectivity index (χ3n) is 3.42. The fourth-order valence-corrected chi connectivity index (χ4v) is 2.66. The molecule has 1 aromatic rings. The number of hydrogen-bond acceptors (Lipinski definition) is 3. The lowest BCUT2D eigenvalue weighted by atomic mass is 10.1. The molecule has 0 saturated carbocycles. The van der Waals surface area contributed by atoms with Crippen molar-refractivity contribution >= 4 is 5.95 Å². The minimum atomic E-state index is 0.538. The molecule has 1 unspecified atom stereocenters. The van der Waals surface area contributed by atoms with Crippen LogP contribution in [0.3, 0.4) is 0 Å². The van der Waals surface area contributed by atoms with Gasteiger partial charge in [0.2, 0.25) is 5.95 Å². The van der Waals surface area contributed by atoms with Crippen molar-refractivity contribution in [2.45, 2.75) is 46.2 Å². The SMILES string of the molecule is Cc1cn(CC(C)C)c(NC2CCCN(C)C2)n1. The van der Waals surface area contributed by atoms with Crippen molar-refractivity contribution in [3.8, 4) is 0 Å². The first-order chi connectivity index (χ1) is 8.54. The Labute approximate surface area is 110 Å². The fraction of sp³-hybridized carbons (Fsp3) is 0.786. The molecule has 4 nitrogen and oxygen atoms in total. The van der Waals surface area contributed by atoms with Crippen LogP contribution in [0.2, 0.25) is 0 Å². The number of piperidine rings is 1. The summed E-state index contributed by atoms with van der Waals surface area (Å²) in [5.41, 5.74) is 1.10. The molecule has 1 fully saturated rings. The number of likely N-dealkylation sites (tertiary alicyclic amines) is 1. The Bertz CT molecular complexity index is 383. The quantitative estimate of drug-likeness (QED) is 0.890. The van der Waals surface area contributed by atoms with Crippen molar-refractivity contribution in [3.05, 3.63) is 11.9 Å². The molecule has 4 heteroatoms. The molecule has 1 aromatic heterocycles. The lowest BCUT2D eigenvalue weighted by Crippen LogP contribution is -2.40. The van der Waals surface area contributed by atoms with E-state index in [1.807, 2.05) is 0 Å². The average molecular weight is 250 g/mol. The summed E-state index contributed by atoms with van der Waals surface area (Å²) in [6, 6.07) is 0.538. The van der Waals surface area contributed by atoms with E-state index in [1.165, 1.54) is 19.4 Å². The standard InChI is InChI=1S/C14H26N4/c1-11(2)8-18-9-12(3)15-14(18)16-13-6-5-7-17(4)10-13/h9,11,13H,5-8,10H2,1-4H3,(H,15,16). The van der Waals surface area contributed by atoms with E-state index in [0.717, 1.165) is 24.7 Å². The van der Waals surface area contributed by atoms with Crippen LogP contribution < -0.4 is 5.32 Å². The summed E-state index contributed by atoms with van der Waals surface area (Å²) in [6.07, 6.45) is 4.67. The molecule has 0 spiro atoms. The van der Waals surface area contributed by atoms with E-state index in [4.69, 9.17) is 0 Å². The lowest BCUT2D eigenvalue weighted by molar-refractivity contribution is 0.260. The van der Waals surface area contributed by atoms with Crippen LogP contribution in [0.4, 0.5) is 5.95 Å². The maximum absolute atomic E-state index is 4.62. The zero-order valence-corrected chi connectivity index (χ0v) is 12.1. The normalized spacial score (nSPS) is 21.5. The number of nitrogens with one attached hydrogen (secondary N) is 1. The van der Waals surface area contributed by atoms with Crippen LogP contribution in [0.25, 0.3) is 0 Å². The van der Waals surface area contributed by atoms with Gasteiger partial charge in [-0.25, -0.2) is 4.98 Å². The van der Waals surface area contributed by atoms with E-state index < -0.39 is 0 Å². The molecular formula is C14H26N4. The van der Waals surface area contributed by atoms with Gasteiger partial charge in [0.1, 0.15) is 0 Å². The van der Waals surface area contributed by atoms with Crippen LogP contribution in [0.5, 0.6) is 0 Å². The summed E-state index contributed by atoms with van der Waals surface area (Å²) in [6.45, 7) is 9.92. The van der Waals surface area contributed by atoms with Crippen molar-refractivity contribution in [2.24, 2.45) is 5.92 Å². The zero-order chi connectivity index (χ0) is 13.1. The number of aromatic nitrogens is 2. The number of hydrogen-bond donors (Lipinski definition) is 1. The largest absolute Gasteiger partial charge is 0.352 e. The Hall–Kier alpha value is -1.03. The Morgan fingerprint density at radius 2 is 2.28 bits per heavy atom. The molecule has 0 aliphatic carbocycles. The zero-order valence-electron chi connectivity index (χ0n) is 12.1. The summed E-state index contributed by atoms with van der Waals surface area (Å²) >= 11 is 0. The van der Waals surface area contributed by atoms with Gasteiger partial charge in [-0.2, -0.15) is 0 Å². The Morgan fingerprint density at radius 3 is 2.94 bits per heavy atom. The molecule has 1 atom stereocenters. The van der Waals surface area contributed by atoms with Crippen molar-refractivity contribution in [1.29, 1.82) is 0 Å². The second-order valence-corrected chi connectivity index (χ2v) is 6.00. The number of nitrogens with zero attached hydrogens (tertiary/aromatic N) is 3. The predicted octanol–water partition coefficient (Wildman–Crippen LogP) is 2.35.